The second-order valence-corrected chi connectivity index (χ2v) is 7.20. The van der Waals surface area contributed by atoms with Gasteiger partial charge in [0.1, 0.15) is 6.54 Å². The second-order valence-electron chi connectivity index (χ2n) is 7.20. The van der Waals surface area contributed by atoms with Crippen LogP contribution in [0.15, 0.2) is 41.7 Å². The lowest BCUT2D eigenvalue weighted by Crippen LogP contribution is -2.55. The summed E-state index contributed by atoms with van der Waals surface area (Å²) in [4.78, 5) is 33.2. The molecule has 1 saturated heterocycles. The topological polar surface area (TPSA) is 94.9 Å². The molecule has 0 spiro atoms. The largest absolute Gasteiger partial charge is 0.357 e. The molecule has 1 aliphatic heterocycles. The van der Waals surface area contributed by atoms with Crippen molar-refractivity contribution >= 4 is 23.5 Å². The Kier molecular flexibility index (Phi) is 7.05. The third kappa shape index (κ3) is 5.37. The van der Waals surface area contributed by atoms with E-state index >= 15 is 0 Å². The van der Waals surface area contributed by atoms with Gasteiger partial charge in [0.05, 0.1) is 18.4 Å². The minimum absolute atomic E-state index is 0.00704. The smallest absolute Gasteiger partial charge is 0.251 e. The quantitative estimate of drug-likeness (QED) is 0.416. The summed E-state index contributed by atoms with van der Waals surface area (Å²) >= 11 is 0. The minimum Gasteiger partial charge on any atom is -0.357 e. The molecule has 1 aromatic carbocycles. The number of carbonyl (C=O) groups excluding carboxylic acids is 2. The summed E-state index contributed by atoms with van der Waals surface area (Å²) in [5.41, 5.74) is 2.50. The molecule has 0 aliphatic carbocycles. The number of aliphatic imine (C=N–C) groups is 1. The van der Waals surface area contributed by atoms with Crippen LogP contribution >= 0.6 is 0 Å². The van der Waals surface area contributed by atoms with E-state index in [1.54, 1.807) is 21.8 Å². The Morgan fingerprint density at radius 2 is 2.10 bits per heavy atom. The molecule has 2 N–H and O–H groups in total. The van der Waals surface area contributed by atoms with Gasteiger partial charge < -0.3 is 20.4 Å². The highest BCUT2D eigenvalue weighted by Gasteiger charge is 2.27. The van der Waals surface area contributed by atoms with Gasteiger partial charge in [0, 0.05) is 45.0 Å². The summed E-state index contributed by atoms with van der Waals surface area (Å²) < 4.78 is 1.69. The van der Waals surface area contributed by atoms with E-state index in [1.807, 2.05) is 50.2 Å². The van der Waals surface area contributed by atoms with Crippen LogP contribution in [0.25, 0.3) is 0 Å². The van der Waals surface area contributed by atoms with Crippen LogP contribution in [-0.4, -0.2) is 71.7 Å². The molecule has 0 bridgehead atoms. The van der Waals surface area contributed by atoms with Crippen molar-refractivity contribution in [3.63, 3.8) is 0 Å². The van der Waals surface area contributed by atoms with Crippen molar-refractivity contribution in [1.82, 2.24) is 25.3 Å². The summed E-state index contributed by atoms with van der Waals surface area (Å²) in [6.45, 7) is 6.98. The van der Waals surface area contributed by atoms with Crippen molar-refractivity contribution in [1.29, 1.82) is 0 Å². The predicted molar refractivity (Wildman–Crippen MR) is 117 cm³/mol. The molecule has 0 saturated carbocycles. The number of aryl methyl sites for hydroxylation is 2. The zero-order valence-electron chi connectivity index (χ0n) is 17.8. The van der Waals surface area contributed by atoms with Gasteiger partial charge in [0.25, 0.3) is 5.91 Å². The lowest BCUT2D eigenvalue weighted by molar-refractivity contribution is -0.120. The number of piperazine rings is 1. The van der Waals surface area contributed by atoms with Crippen molar-refractivity contribution < 1.29 is 9.59 Å². The number of nitrogens with zero attached hydrogens (tertiary/aromatic N) is 5. The minimum atomic E-state index is -0.112. The third-order valence-corrected chi connectivity index (χ3v) is 4.80. The number of carbonyl (C=O) groups is 2. The molecule has 3 rings (SSSR count). The van der Waals surface area contributed by atoms with E-state index in [4.69, 9.17) is 0 Å². The maximum absolute atomic E-state index is 12.6. The van der Waals surface area contributed by atoms with Crippen LogP contribution in [0.4, 0.5) is 5.69 Å². The summed E-state index contributed by atoms with van der Waals surface area (Å²) in [6, 6.07) is 7.48. The summed E-state index contributed by atoms with van der Waals surface area (Å²) in [5, 5.41) is 10.3. The number of aromatic nitrogens is 2. The number of guanidine groups is 1. The number of rotatable bonds is 6. The Bertz CT molecular complexity index is 922. The van der Waals surface area contributed by atoms with Crippen LogP contribution < -0.4 is 15.5 Å². The number of nitrogens with one attached hydrogen (secondary N) is 2. The van der Waals surface area contributed by atoms with Gasteiger partial charge in [-0.2, -0.15) is 5.10 Å². The van der Waals surface area contributed by atoms with Crippen LogP contribution in [0.1, 0.15) is 22.8 Å². The molecule has 30 heavy (non-hydrogen) atoms. The Morgan fingerprint density at radius 3 is 2.77 bits per heavy atom. The molecule has 1 aliphatic rings. The van der Waals surface area contributed by atoms with Crippen molar-refractivity contribution in [2.45, 2.75) is 13.8 Å². The Balaban J connectivity index is 1.54. The lowest BCUT2D eigenvalue weighted by Gasteiger charge is -2.35. The average molecular weight is 412 g/mol. The molecule has 2 aromatic rings. The van der Waals surface area contributed by atoms with Crippen LogP contribution in [0, 0.1) is 6.92 Å². The van der Waals surface area contributed by atoms with E-state index in [-0.39, 0.29) is 18.4 Å². The molecular weight excluding hydrogens is 382 g/mol. The number of benzene rings is 1. The molecule has 160 valence electrons. The Hall–Kier alpha value is -3.36. The summed E-state index contributed by atoms with van der Waals surface area (Å²) in [5.74, 6) is 0.577. The van der Waals surface area contributed by atoms with Crippen molar-refractivity contribution in [3.8, 4) is 0 Å². The second kappa shape index (κ2) is 9.91. The summed E-state index contributed by atoms with van der Waals surface area (Å²) in [7, 11) is 1.83. The Morgan fingerprint density at radius 1 is 1.27 bits per heavy atom. The fourth-order valence-electron chi connectivity index (χ4n) is 3.32. The number of amides is 2. The van der Waals surface area contributed by atoms with Gasteiger partial charge in [-0.15, -0.1) is 0 Å². The highest BCUT2D eigenvalue weighted by Crippen LogP contribution is 2.16. The molecule has 2 heterocycles. The molecule has 9 heteroatoms. The molecule has 1 aromatic heterocycles. The van der Waals surface area contributed by atoms with E-state index in [0.29, 0.717) is 44.2 Å². The van der Waals surface area contributed by atoms with Crippen LogP contribution in [0.5, 0.6) is 0 Å². The zero-order chi connectivity index (χ0) is 21.5. The van der Waals surface area contributed by atoms with Crippen LogP contribution in [-0.2, 0) is 11.8 Å². The van der Waals surface area contributed by atoms with Gasteiger partial charge in [-0.3, -0.25) is 19.3 Å². The lowest BCUT2D eigenvalue weighted by atomic mass is 10.1. The highest BCUT2D eigenvalue weighted by atomic mass is 16.2. The summed E-state index contributed by atoms with van der Waals surface area (Å²) in [6.07, 6.45) is 3.54. The molecule has 9 nitrogen and oxygen atoms in total. The van der Waals surface area contributed by atoms with Gasteiger partial charge in [0.15, 0.2) is 5.96 Å². The van der Waals surface area contributed by atoms with Crippen LogP contribution in [0.2, 0.25) is 0 Å². The molecule has 0 atom stereocenters. The SMILES string of the molecule is CCNC(=NCCNC(=O)c1cccc(C)c1)N1CCN(c2cnn(C)c2)C(=O)C1. The zero-order valence-corrected chi connectivity index (χ0v) is 17.8. The Labute approximate surface area is 176 Å². The number of hydrogen-bond donors (Lipinski definition) is 2. The highest BCUT2D eigenvalue weighted by molar-refractivity contribution is 5.98. The average Bonchev–Trinajstić information content (AvgIpc) is 3.16. The molecule has 1 fully saturated rings. The van der Waals surface area contributed by atoms with Gasteiger partial charge in [-0.05, 0) is 26.0 Å². The maximum Gasteiger partial charge on any atom is 0.251 e. The van der Waals surface area contributed by atoms with Gasteiger partial charge in [-0.25, -0.2) is 0 Å². The number of anilines is 1. The van der Waals surface area contributed by atoms with E-state index in [9.17, 15) is 9.59 Å². The normalized spacial score (nSPS) is 14.8. The molecule has 2 amide bonds. The molecule has 0 radical (unpaired) electrons. The van der Waals surface area contributed by atoms with Gasteiger partial charge in [0.2, 0.25) is 5.91 Å². The van der Waals surface area contributed by atoms with E-state index in [2.05, 4.69) is 20.7 Å². The van der Waals surface area contributed by atoms with Gasteiger partial charge in [-0.1, -0.05) is 17.7 Å². The van der Waals surface area contributed by atoms with Crippen LogP contribution in [0.3, 0.4) is 0 Å². The van der Waals surface area contributed by atoms with E-state index in [0.717, 1.165) is 11.3 Å². The van der Waals surface area contributed by atoms with Crippen molar-refractivity contribution in [2.24, 2.45) is 12.0 Å². The first-order valence-corrected chi connectivity index (χ1v) is 10.1. The third-order valence-electron chi connectivity index (χ3n) is 4.80. The predicted octanol–water partition coefficient (Wildman–Crippen LogP) is 0.773. The fourth-order valence-corrected chi connectivity index (χ4v) is 3.32. The standard InChI is InChI=1S/C21H29N7O2/c1-4-22-21(24-9-8-23-20(30)17-7-5-6-16(2)12-17)27-10-11-28(19(29)15-27)18-13-25-26(3)14-18/h5-7,12-14H,4,8-11,15H2,1-3H3,(H,22,24)(H,23,30). The van der Waals surface area contributed by atoms with Gasteiger partial charge >= 0.3 is 0 Å². The maximum atomic E-state index is 12.6. The molecule has 0 unspecified atom stereocenters. The first-order chi connectivity index (χ1) is 14.5. The van der Waals surface area contributed by atoms with E-state index < -0.39 is 0 Å². The molecular formula is C21H29N7O2. The van der Waals surface area contributed by atoms with Crippen molar-refractivity contribution in [3.05, 3.63) is 47.8 Å². The first kappa shape index (κ1) is 21.4. The monoisotopic (exact) mass is 411 g/mol. The first-order valence-electron chi connectivity index (χ1n) is 10.1. The fraction of sp³-hybridized carbons (Fsp3) is 0.429. The number of hydrogen-bond acceptors (Lipinski definition) is 4. The van der Waals surface area contributed by atoms with E-state index in [1.165, 1.54) is 0 Å². The van der Waals surface area contributed by atoms with Crippen molar-refractivity contribution in [2.75, 3.05) is 44.2 Å².